The van der Waals surface area contributed by atoms with Crippen LogP contribution in [-0.2, 0) is 18.6 Å². The Bertz CT molecular complexity index is 542. The van der Waals surface area contributed by atoms with Crippen molar-refractivity contribution in [3.05, 3.63) is 0 Å². The van der Waals surface area contributed by atoms with Crippen LogP contribution in [0, 0.1) is 0 Å². The first-order valence-corrected chi connectivity index (χ1v) is 7.73. The molecule has 2 aliphatic rings. The van der Waals surface area contributed by atoms with Crippen molar-refractivity contribution in [2.45, 2.75) is 36.9 Å². The highest BCUT2D eigenvalue weighted by molar-refractivity contribution is 7.46. The number of alkyl halides is 1. The van der Waals surface area contributed by atoms with E-state index in [1.807, 2.05) is 0 Å². The molecule has 2 unspecified atom stereocenters. The monoisotopic (exact) mass is 360 g/mol. The lowest BCUT2D eigenvalue weighted by atomic mass is 10.1. The van der Waals surface area contributed by atoms with E-state index < -0.39 is 63.3 Å². The van der Waals surface area contributed by atoms with Crippen molar-refractivity contribution in [2.24, 2.45) is 0 Å². The Morgan fingerprint density at radius 1 is 1.26 bits per heavy atom. The van der Waals surface area contributed by atoms with Crippen LogP contribution in [0.25, 0.3) is 0 Å². The van der Waals surface area contributed by atoms with Crippen LogP contribution in [0.15, 0.2) is 0 Å². The maximum Gasteiger partial charge on any atom is 0.469 e. The van der Waals surface area contributed by atoms with Crippen LogP contribution >= 0.6 is 7.82 Å². The van der Waals surface area contributed by atoms with Gasteiger partial charge >= 0.3 is 13.9 Å². The second-order valence-corrected chi connectivity index (χ2v) is 6.09. The minimum absolute atomic E-state index is 0.261. The third kappa shape index (κ3) is 3.67. The molecule has 0 aromatic carbocycles. The van der Waals surface area contributed by atoms with Gasteiger partial charge in [0.15, 0.2) is 12.5 Å². The number of halogens is 1. The Balaban J connectivity index is 2.12. The molecule has 0 aromatic heterocycles. The number of carbonyl (C=O) groups excluding carboxylic acids is 2. The lowest BCUT2D eigenvalue weighted by Crippen LogP contribution is -2.66. The molecule has 14 heteroatoms. The van der Waals surface area contributed by atoms with Gasteiger partial charge in [-0.25, -0.2) is 13.8 Å². The third-order valence-corrected chi connectivity index (χ3v) is 3.77. The van der Waals surface area contributed by atoms with Crippen LogP contribution in [0.1, 0.15) is 0 Å². The van der Waals surface area contributed by atoms with Crippen molar-refractivity contribution < 1.29 is 52.9 Å². The molecule has 2 aliphatic heterocycles. The van der Waals surface area contributed by atoms with Crippen molar-refractivity contribution in [1.29, 1.82) is 0 Å². The zero-order valence-electron chi connectivity index (χ0n) is 11.2. The van der Waals surface area contributed by atoms with Crippen LogP contribution in [0.5, 0.6) is 0 Å². The fourth-order valence-corrected chi connectivity index (χ4v) is 2.51. The van der Waals surface area contributed by atoms with E-state index in [9.17, 15) is 33.9 Å². The highest BCUT2D eigenvalue weighted by Crippen LogP contribution is 2.37. The highest BCUT2D eigenvalue weighted by atomic mass is 31.2. The average Bonchev–Trinajstić information content (AvgIpc) is 2.70. The van der Waals surface area contributed by atoms with Crippen LogP contribution in [0.4, 0.5) is 9.18 Å². The summed E-state index contributed by atoms with van der Waals surface area (Å²) in [7, 11) is -4.88. The number of aliphatic hydroxyl groups excluding tert-OH is 3. The lowest BCUT2D eigenvalue weighted by Gasteiger charge is -2.38. The zero-order chi connectivity index (χ0) is 17.5. The number of rotatable bonds is 4. The molecule has 0 radical (unpaired) electrons. The number of nitrogens with one attached hydrogen (secondary N) is 1. The van der Waals surface area contributed by atoms with E-state index in [-0.39, 0.29) is 4.90 Å². The molecule has 6 N–H and O–H groups in total. The summed E-state index contributed by atoms with van der Waals surface area (Å²) in [6, 6.07) is -1.27. The number of amides is 3. The van der Waals surface area contributed by atoms with Gasteiger partial charge in [-0.3, -0.25) is 19.5 Å². The summed E-state index contributed by atoms with van der Waals surface area (Å²) in [6.45, 7) is -0.845. The first-order valence-electron chi connectivity index (χ1n) is 6.20. The second-order valence-electron chi connectivity index (χ2n) is 4.85. The Kier molecular flexibility index (Phi) is 5.03. The van der Waals surface area contributed by atoms with E-state index in [1.54, 1.807) is 5.32 Å². The quantitative estimate of drug-likeness (QED) is 0.278. The number of phosphoric acid groups is 1. The fourth-order valence-electron chi connectivity index (χ4n) is 2.17. The van der Waals surface area contributed by atoms with Gasteiger partial charge in [-0.2, -0.15) is 0 Å². The maximum atomic E-state index is 13.5. The molecule has 23 heavy (non-hydrogen) atoms. The number of hydrogen-bond donors (Lipinski definition) is 6. The third-order valence-electron chi connectivity index (χ3n) is 3.28. The predicted octanol–water partition coefficient (Wildman–Crippen LogP) is -3.25. The first kappa shape index (κ1) is 18.2. The number of imide groups is 1. The summed E-state index contributed by atoms with van der Waals surface area (Å²) in [4.78, 5) is 40.1. The highest BCUT2D eigenvalue weighted by Gasteiger charge is 2.53. The Hall–Kier alpha value is -1.18. The SMILES string of the molecule is O=C1NC(=O)N([C@@H]2O[C@H](COP(=O)(O)O)[C@@H](O)[C@H]2O)C(O)C1F. The number of aliphatic hydroxyl groups is 3. The molecule has 3 amide bonds. The Morgan fingerprint density at radius 3 is 2.43 bits per heavy atom. The van der Waals surface area contributed by atoms with E-state index >= 15 is 0 Å². The van der Waals surface area contributed by atoms with E-state index in [1.165, 1.54) is 0 Å². The van der Waals surface area contributed by atoms with Gasteiger partial charge in [0.25, 0.3) is 5.91 Å². The molecule has 2 saturated heterocycles. The van der Waals surface area contributed by atoms with E-state index in [4.69, 9.17) is 14.5 Å². The molecule has 0 bridgehead atoms. The fraction of sp³-hybridized carbons (Fsp3) is 0.778. The maximum absolute atomic E-state index is 13.5. The molecule has 0 aliphatic carbocycles. The molecule has 6 atom stereocenters. The summed E-state index contributed by atoms with van der Waals surface area (Å²) < 4.78 is 33.2. The van der Waals surface area contributed by atoms with Gasteiger partial charge in [0.2, 0.25) is 6.17 Å². The molecule has 2 rings (SSSR count). The van der Waals surface area contributed by atoms with Crippen LogP contribution in [0.2, 0.25) is 0 Å². The van der Waals surface area contributed by atoms with E-state index in [0.29, 0.717) is 0 Å². The van der Waals surface area contributed by atoms with Crippen molar-refractivity contribution in [2.75, 3.05) is 6.61 Å². The topological polar surface area (TPSA) is 186 Å². The number of nitrogens with zero attached hydrogens (tertiary/aromatic N) is 1. The molecular formula is C9H14FN2O10P. The van der Waals surface area contributed by atoms with Crippen LogP contribution < -0.4 is 5.32 Å². The van der Waals surface area contributed by atoms with Crippen LogP contribution in [0.3, 0.4) is 0 Å². The molecular weight excluding hydrogens is 346 g/mol. The number of hydrogen-bond acceptors (Lipinski definition) is 8. The minimum Gasteiger partial charge on any atom is -0.387 e. The van der Waals surface area contributed by atoms with Gasteiger partial charge in [0.05, 0.1) is 6.61 Å². The smallest absolute Gasteiger partial charge is 0.387 e. The summed E-state index contributed by atoms with van der Waals surface area (Å²) in [5.41, 5.74) is 0. The minimum atomic E-state index is -4.88. The molecule has 0 aromatic rings. The molecule has 0 spiro atoms. The largest absolute Gasteiger partial charge is 0.469 e. The predicted molar refractivity (Wildman–Crippen MR) is 65.0 cm³/mol. The molecule has 12 nitrogen and oxygen atoms in total. The zero-order valence-corrected chi connectivity index (χ0v) is 12.1. The summed E-state index contributed by atoms with van der Waals surface area (Å²) >= 11 is 0. The average molecular weight is 360 g/mol. The molecule has 2 fully saturated rings. The first-order chi connectivity index (χ1) is 10.5. The van der Waals surface area contributed by atoms with Gasteiger partial charge in [-0.15, -0.1) is 0 Å². The standard InChI is InChI=1S/C9H14FN2O10P/c10-3-6(15)11-9(17)12(7(3)16)8-5(14)4(13)2(22-8)1-21-23(18,19)20/h2-5,7-8,13-14,16H,1H2,(H,11,15,17)(H2,18,19,20)/t2-,3?,4-,5-,7?,8-/m1/s1. The number of carbonyl (C=O) groups is 2. The normalized spacial score (nSPS) is 38.8. The lowest BCUT2D eigenvalue weighted by molar-refractivity contribution is -0.166. The second kappa shape index (κ2) is 6.37. The summed E-state index contributed by atoms with van der Waals surface area (Å²) in [5, 5.41) is 30.8. The number of ether oxygens (including phenoxy) is 1. The van der Waals surface area contributed by atoms with Crippen molar-refractivity contribution in [1.82, 2.24) is 10.2 Å². The Morgan fingerprint density at radius 2 is 1.87 bits per heavy atom. The van der Waals surface area contributed by atoms with E-state index in [0.717, 1.165) is 0 Å². The number of urea groups is 1. The van der Waals surface area contributed by atoms with Crippen molar-refractivity contribution >= 4 is 19.8 Å². The summed E-state index contributed by atoms with van der Waals surface area (Å²) in [6.07, 6.45) is -11.6. The molecule has 0 saturated carbocycles. The molecule has 2 heterocycles. The molecule has 132 valence electrons. The van der Waals surface area contributed by atoms with Crippen molar-refractivity contribution in [3.63, 3.8) is 0 Å². The van der Waals surface area contributed by atoms with Gasteiger partial charge < -0.3 is 29.8 Å². The van der Waals surface area contributed by atoms with Crippen molar-refractivity contribution in [3.8, 4) is 0 Å². The van der Waals surface area contributed by atoms with E-state index in [2.05, 4.69) is 4.52 Å². The van der Waals surface area contributed by atoms with Gasteiger partial charge in [0, 0.05) is 0 Å². The Labute approximate surface area is 127 Å². The summed E-state index contributed by atoms with van der Waals surface area (Å²) in [5.74, 6) is -1.38. The number of phosphoric ester groups is 1. The van der Waals surface area contributed by atoms with Gasteiger partial charge in [0.1, 0.15) is 18.3 Å². The van der Waals surface area contributed by atoms with Gasteiger partial charge in [-0.1, -0.05) is 0 Å². The van der Waals surface area contributed by atoms with Crippen LogP contribution in [-0.4, -0.2) is 85.5 Å². The van der Waals surface area contributed by atoms with Gasteiger partial charge in [-0.05, 0) is 0 Å².